The fourth-order valence-corrected chi connectivity index (χ4v) is 2.21. The van der Waals surface area contributed by atoms with E-state index in [4.69, 9.17) is 5.73 Å². The molecule has 0 saturated carbocycles. The SMILES string of the molecule is CN(C)CCN(C(=O)Cc1ccc(N)cc1)c1ccccc1. The summed E-state index contributed by atoms with van der Waals surface area (Å²) in [5.41, 5.74) is 8.31. The van der Waals surface area contributed by atoms with Crippen LogP contribution < -0.4 is 10.6 Å². The average Bonchev–Trinajstić information content (AvgIpc) is 2.50. The van der Waals surface area contributed by atoms with E-state index in [1.807, 2.05) is 73.6 Å². The molecular weight excluding hydrogens is 274 g/mol. The van der Waals surface area contributed by atoms with E-state index in [-0.39, 0.29) is 5.91 Å². The summed E-state index contributed by atoms with van der Waals surface area (Å²) in [6.07, 6.45) is 0.378. The van der Waals surface area contributed by atoms with Crippen LogP contribution in [0, 0.1) is 0 Å². The summed E-state index contributed by atoms with van der Waals surface area (Å²) in [4.78, 5) is 16.6. The van der Waals surface area contributed by atoms with Gasteiger partial charge in [0.25, 0.3) is 0 Å². The highest BCUT2D eigenvalue weighted by Gasteiger charge is 2.16. The second-order valence-electron chi connectivity index (χ2n) is 5.60. The number of carbonyl (C=O) groups is 1. The largest absolute Gasteiger partial charge is 0.399 e. The Hall–Kier alpha value is -2.33. The van der Waals surface area contributed by atoms with Crippen LogP contribution in [-0.4, -0.2) is 38.0 Å². The number of amides is 1. The summed E-state index contributed by atoms with van der Waals surface area (Å²) in [6, 6.07) is 17.3. The van der Waals surface area contributed by atoms with Crippen molar-refractivity contribution in [1.29, 1.82) is 0 Å². The summed E-state index contributed by atoms with van der Waals surface area (Å²) < 4.78 is 0. The molecule has 0 aromatic heterocycles. The van der Waals surface area contributed by atoms with Gasteiger partial charge in [0.1, 0.15) is 0 Å². The summed E-state index contributed by atoms with van der Waals surface area (Å²) in [6.45, 7) is 1.49. The minimum absolute atomic E-state index is 0.0952. The van der Waals surface area contributed by atoms with Crippen molar-refractivity contribution in [3.8, 4) is 0 Å². The summed E-state index contributed by atoms with van der Waals surface area (Å²) >= 11 is 0. The Morgan fingerprint density at radius 3 is 2.18 bits per heavy atom. The lowest BCUT2D eigenvalue weighted by atomic mass is 10.1. The highest BCUT2D eigenvalue weighted by molar-refractivity contribution is 5.94. The monoisotopic (exact) mass is 297 g/mol. The number of nitrogens with zero attached hydrogens (tertiary/aromatic N) is 2. The molecule has 0 aliphatic rings. The van der Waals surface area contributed by atoms with Crippen LogP contribution >= 0.6 is 0 Å². The number of hydrogen-bond acceptors (Lipinski definition) is 3. The van der Waals surface area contributed by atoms with Crippen molar-refractivity contribution < 1.29 is 4.79 Å². The first-order chi connectivity index (χ1) is 10.6. The van der Waals surface area contributed by atoms with Crippen molar-refractivity contribution in [2.45, 2.75) is 6.42 Å². The zero-order valence-electron chi connectivity index (χ0n) is 13.2. The molecule has 1 amide bonds. The molecule has 116 valence electrons. The molecule has 0 unspecified atom stereocenters. The van der Waals surface area contributed by atoms with E-state index < -0.39 is 0 Å². The van der Waals surface area contributed by atoms with Crippen LogP contribution in [0.4, 0.5) is 11.4 Å². The molecule has 0 spiro atoms. The van der Waals surface area contributed by atoms with Crippen LogP contribution in [0.2, 0.25) is 0 Å². The van der Waals surface area contributed by atoms with Crippen molar-refractivity contribution in [2.75, 3.05) is 37.8 Å². The van der Waals surface area contributed by atoms with E-state index in [2.05, 4.69) is 4.90 Å². The molecule has 0 aliphatic carbocycles. The topological polar surface area (TPSA) is 49.6 Å². The van der Waals surface area contributed by atoms with Gasteiger partial charge in [-0.2, -0.15) is 0 Å². The van der Waals surface area contributed by atoms with Gasteiger partial charge in [0.2, 0.25) is 5.91 Å². The zero-order chi connectivity index (χ0) is 15.9. The number of benzene rings is 2. The molecule has 0 bridgehead atoms. The summed E-state index contributed by atoms with van der Waals surface area (Å²) in [5.74, 6) is 0.0952. The number of nitrogen functional groups attached to an aromatic ring is 1. The van der Waals surface area contributed by atoms with Crippen molar-refractivity contribution in [3.63, 3.8) is 0 Å². The quantitative estimate of drug-likeness (QED) is 0.833. The summed E-state index contributed by atoms with van der Waals surface area (Å²) in [7, 11) is 4.02. The molecule has 2 aromatic rings. The highest BCUT2D eigenvalue weighted by Crippen LogP contribution is 2.15. The minimum atomic E-state index is 0.0952. The second kappa shape index (κ2) is 7.61. The molecule has 2 aromatic carbocycles. The van der Waals surface area contributed by atoms with Gasteiger partial charge < -0.3 is 15.5 Å². The van der Waals surface area contributed by atoms with Gasteiger partial charge in [0.05, 0.1) is 6.42 Å². The number of nitrogens with two attached hydrogens (primary N) is 1. The lowest BCUT2D eigenvalue weighted by Crippen LogP contribution is -2.37. The predicted octanol–water partition coefficient (Wildman–Crippen LogP) is 2.41. The highest BCUT2D eigenvalue weighted by atomic mass is 16.2. The Balaban J connectivity index is 2.13. The molecule has 22 heavy (non-hydrogen) atoms. The Morgan fingerprint density at radius 2 is 1.59 bits per heavy atom. The van der Waals surface area contributed by atoms with Crippen LogP contribution in [-0.2, 0) is 11.2 Å². The Bertz CT molecular complexity index is 593. The van der Waals surface area contributed by atoms with Gasteiger partial charge in [-0.05, 0) is 43.9 Å². The maximum atomic E-state index is 12.7. The smallest absolute Gasteiger partial charge is 0.231 e. The third kappa shape index (κ3) is 4.60. The van der Waals surface area contributed by atoms with E-state index in [1.54, 1.807) is 0 Å². The molecule has 0 heterocycles. The molecule has 4 heteroatoms. The molecule has 0 radical (unpaired) electrons. The fourth-order valence-electron chi connectivity index (χ4n) is 2.21. The van der Waals surface area contributed by atoms with E-state index >= 15 is 0 Å². The van der Waals surface area contributed by atoms with Crippen LogP contribution in [0.5, 0.6) is 0 Å². The molecule has 0 aliphatic heterocycles. The number of hydrogen-bond donors (Lipinski definition) is 1. The third-order valence-corrected chi connectivity index (χ3v) is 3.47. The number of anilines is 2. The lowest BCUT2D eigenvalue weighted by molar-refractivity contribution is -0.118. The van der Waals surface area contributed by atoms with Gasteiger partial charge in [-0.25, -0.2) is 0 Å². The van der Waals surface area contributed by atoms with Gasteiger partial charge in [-0.3, -0.25) is 4.79 Å². The maximum absolute atomic E-state index is 12.7. The second-order valence-corrected chi connectivity index (χ2v) is 5.60. The molecule has 0 atom stereocenters. The van der Waals surface area contributed by atoms with E-state index in [0.29, 0.717) is 18.7 Å². The Labute approximate surface area is 132 Å². The summed E-state index contributed by atoms with van der Waals surface area (Å²) in [5, 5.41) is 0. The van der Waals surface area contributed by atoms with Gasteiger partial charge in [-0.1, -0.05) is 30.3 Å². The average molecular weight is 297 g/mol. The van der Waals surface area contributed by atoms with E-state index in [0.717, 1.165) is 17.8 Å². The van der Waals surface area contributed by atoms with Crippen molar-refractivity contribution in [1.82, 2.24) is 4.90 Å². The number of likely N-dealkylation sites (N-methyl/N-ethyl adjacent to an activating group) is 1. The minimum Gasteiger partial charge on any atom is -0.399 e. The van der Waals surface area contributed by atoms with Crippen molar-refractivity contribution >= 4 is 17.3 Å². The molecule has 2 rings (SSSR count). The van der Waals surface area contributed by atoms with Gasteiger partial charge in [0, 0.05) is 24.5 Å². The first-order valence-corrected chi connectivity index (χ1v) is 7.41. The predicted molar refractivity (Wildman–Crippen MR) is 91.9 cm³/mol. The number of para-hydroxylation sites is 1. The maximum Gasteiger partial charge on any atom is 0.231 e. The molecule has 0 saturated heterocycles. The lowest BCUT2D eigenvalue weighted by Gasteiger charge is -2.24. The Morgan fingerprint density at radius 1 is 0.955 bits per heavy atom. The van der Waals surface area contributed by atoms with Gasteiger partial charge in [0.15, 0.2) is 0 Å². The van der Waals surface area contributed by atoms with Gasteiger partial charge >= 0.3 is 0 Å². The van der Waals surface area contributed by atoms with E-state index in [1.165, 1.54) is 0 Å². The fraction of sp³-hybridized carbons (Fsp3) is 0.278. The van der Waals surface area contributed by atoms with Gasteiger partial charge in [-0.15, -0.1) is 0 Å². The van der Waals surface area contributed by atoms with Crippen LogP contribution in [0.25, 0.3) is 0 Å². The molecule has 4 nitrogen and oxygen atoms in total. The standard InChI is InChI=1S/C18H23N3O/c1-20(2)12-13-21(17-6-4-3-5-7-17)18(22)14-15-8-10-16(19)11-9-15/h3-11H,12-14,19H2,1-2H3. The van der Waals surface area contributed by atoms with Crippen LogP contribution in [0.3, 0.4) is 0 Å². The molecular formula is C18H23N3O. The molecule has 2 N–H and O–H groups in total. The third-order valence-electron chi connectivity index (χ3n) is 3.47. The zero-order valence-corrected chi connectivity index (χ0v) is 13.2. The van der Waals surface area contributed by atoms with E-state index in [9.17, 15) is 4.79 Å². The first-order valence-electron chi connectivity index (χ1n) is 7.41. The normalized spacial score (nSPS) is 10.7. The number of carbonyl (C=O) groups excluding carboxylic acids is 1. The number of rotatable bonds is 6. The van der Waals surface area contributed by atoms with Crippen molar-refractivity contribution in [2.24, 2.45) is 0 Å². The van der Waals surface area contributed by atoms with Crippen LogP contribution in [0.15, 0.2) is 54.6 Å². The van der Waals surface area contributed by atoms with Crippen molar-refractivity contribution in [3.05, 3.63) is 60.2 Å². The van der Waals surface area contributed by atoms with Crippen LogP contribution in [0.1, 0.15) is 5.56 Å². The molecule has 0 fully saturated rings. The Kier molecular flexibility index (Phi) is 5.55. The first kappa shape index (κ1) is 16.0.